The van der Waals surface area contributed by atoms with E-state index in [1.165, 1.54) is 0 Å². The predicted octanol–water partition coefficient (Wildman–Crippen LogP) is 2.58. The fourth-order valence-electron chi connectivity index (χ4n) is 0.749. The van der Waals surface area contributed by atoms with Crippen molar-refractivity contribution in [3.05, 3.63) is 34.9 Å². The van der Waals surface area contributed by atoms with Crippen LogP contribution in [0.2, 0.25) is 0 Å². The predicted molar refractivity (Wildman–Crippen MR) is 35.8 cm³/mol. The van der Waals surface area contributed by atoms with Crippen LogP contribution in [-0.2, 0) is 0 Å². The van der Waals surface area contributed by atoms with Gasteiger partial charge in [0.1, 0.15) is 0 Å². The Morgan fingerprint density at radius 2 is 1.70 bits per heavy atom. The topological polar surface area (TPSA) is 0 Å². The van der Waals surface area contributed by atoms with Crippen LogP contribution in [0.5, 0.6) is 0 Å². The van der Waals surface area contributed by atoms with Gasteiger partial charge in [0.25, 0.3) is 0 Å². The monoisotopic (exact) mass is 142 g/mol. The largest absolute Gasteiger partial charge is 0.204 e. The number of rotatable bonds is 0. The first-order valence-electron chi connectivity index (χ1n) is 3.04. The molecule has 0 saturated heterocycles. The van der Waals surface area contributed by atoms with E-state index in [0.717, 1.165) is 11.6 Å². The van der Waals surface area contributed by atoms with Gasteiger partial charge in [0, 0.05) is 0 Å². The first-order chi connectivity index (χ1) is 4.63. The van der Waals surface area contributed by atoms with Crippen LogP contribution in [0.1, 0.15) is 11.1 Å². The molecule has 2 heteroatoms. The van der Waals surface area contributed by atoms with Crippen LogP contribution in [0.25, 0.3) is 0 Å². The molecule has 1 rings (SSSR count). The molecule has 0 N–H and O–H groups in total. The van der Waals surface area contributed by atoms with Crippen molar-refractivity contribution in [2.75, 3.05) is 0 Å². The standard InChI is InChI=1S/C8H8F2/c1-5-3-4-7(9)8(10)6(5)2/h3-4H,1-2H3. The minimum atomic E-state index is -0.775. The van der Waals surface area contributed by atoms with E-state index in [4.69, 9.17) is 0 Å². The second-order valence-electron chi connectivity index (χ2n) is 2.30. The van der Waals surface area contributed by atoms with Gasteiger partial charge in [-0.3, -0.25) is 0 Å². The van der Waals surface area contributed by atoms with E-state index in [0.29, 0.717) is 5.56 Å². The third-order valence-electron chi connectivity index (χ3n) is 1.61. The summed E-state index contributed by atoms with van der Waals surface area (Å²) in [6.07, 6.45) is 0. The lowest BCUT2D eigenvalue weighted by Gasteiger charge is -2.00. The molecule has 0 heterocycles. The van der Waals surface area contributed by atoms with E-state index < -0.39 is 11.6 Å². The van der Waals surface area contributed by atoms with E-state index in [-0.39, 0.29) is 0 Å². The number of benzene rings is 1. The Morgan fingerprint density at radius 3 is 2.20 bits per heavy atom. The van der Waals surface area contributed by atoms with Crippen LogP contribution >= 0.6 is 0 Å². The smallest absolute Gasteiger partial charge is 0.161 e. The van der Waals surface area contributed by atoms with Crippen molar-refractivity contribution in [1.82, 2.24) is 0 Å². The highest BCUT2D eigenvalue weighted by atomic mass is 19.2. The van der Waals surface area contributed by atoms with Crippen molar-refractivity contribution in [2.24, 2.45) is 0 Å². The summed E-state index contributed by atoms with van der Waals surface area (Å²) in [7, 11) is 0. The Labute approximate surface area is 58.5 Å². The van der Waals surface area contributed by atoms with Gasteiger partial charge < -0.3 is 0 Å². The fraction of sp³-hybridized carbons (Fsp3) is 0.250. The van der Waals surface area contributed by atoms with E-state index >= 15 is 0 Å². The van der Waals surface area contributed by atoms with Gasteiger partial charge in [0.15, 0.2) is 11.6 Å². The fourth-order valence-corrected chi connectivity index (χ4v) is 0.749. The number of hydrogen-bond donors (Lipinski definition) is 0. The van der Waals surface area contributed by atoms with Gasteiger partial charge in [-0.2, -0.15) is 0 Å². The summed E-state index contributed by atoms with van der Waals surface area (Å²) in [5, 5.41) is 0. The lowest BCUT2D eigenvalue weighted by Crippen LogP contribution is -1.90. The SMILES string of the molecule is Cc1ccc(F)c(F)c1C. The minimum Gasteiger partial charge on any atom is -0.204 e. The molecule has 0 bridgehead atoms. The molecule has 0 aliphatic heterocycles. The molecule has 0 unspecified atom stereocenters. The second kappa shape index (κ2) is 2.37. The van der Waals surface area contributed by atoms with Crippen LogP contribution < -0.4 is 0 Å². The van der Waals surface area contributed by atoms with Crippen molar-refractivity contribution >= 4 is 0 Å². The van der Waals surface area contributed by atoms with Gasteiger partial charge in [0.2, 0.25) is 0 Å². The number of hydrogen-bond acceptors (Lipinski definition) is 0. The van der Waals surface area contributed by atoms with Crippen LogP contribution in [0.15, 0.2) is 12.1 Å². The van der Waals surface area contributed by atoms with Crippen molar-refractivity contribution in [1.29, 1.82) is 0 Å². The van der Waals surface area contributed by atoms with Crippen LogP contribution in [0.4, 0.5) is 8.78 Å². The molecule has 0 aliphatic carbocycles. The van der Waals surface area contributed by atoms with Gasteiger partial charge in [-0.25, -0.2) is 8.78 Å². The number of halogens is 2. The Bertz CT molecular complexity index is 227. The molecule has 0 saturated carbocycles. The van der Waals surface area contributed by atoms with E-state index in [9.17, 15) is 8.78 Å². The molecule has 0 fully saturated rings. The summed E-state index contributed by atoms with van der Waals surface area (Å²) in [5.74, 6) is -1.51. The first kappa shape index (κ1) is 7.19. The molecule has 0 spiro atoms. The molecule has 0 nitrogen and oxygen atoms in total. The maximum absolute atomic E-state index is 12.6. The van der Waals surface area contributed by atoms with Crippen LogP contribution in [0, 0.1) is 25.5 Å². The molecule has 1 aromatic rings. The quantitative estimate of drug-likeness (QED) is 0.522. The molecule has 1 aromatic carbocycles. The van der Waals surface area contributed by atoms with E-state index in [1.807, 2.05) is 0 Å². The maximum Gasteiger partial charge on any atom is 0.161 e. The molecule has 10 heavy (non-hydrogen) atoms. The van der Waals surface area contributed by atoms with Gasteiger partial charge in [0.05, 0.1) is 0 Å². The summed E-state index contributed by atoms with van der Waals surface area (Å²) in [6, 6.07) is 2.70. The van der Waals surface area contributed by atoms with E-state index in [1.54, 1.807) is 19.9 Å². The lowest BCUT2D eigenvalue weighted by atomic mass is 10.1. The van der Waals surface area contributed by atoms with Gasteiger partial charge in [-0.15, -0.1) is 0 Å². The molecule has 0 atom stereocenters. The van der Waals surface area contributed by atoms with Crippen molar-refractivity contribution in [3.63, 3.8) is 0 Å². The Kier molecular flexibility index (Phi) is 1.70. The third kappa shape index (κ3) is 1.01. The van der Waals surface area contributed by atoms with Crippen molar-refractivity contribution in [2.45, 2.75) is 13.8 Å². The van der Waals surface area contributed by atoms with E-state index in [2.05, 4.69) is 0 Å². The molecule has 0 aliphatic rings. The highest BCUT2D eigenvalue weighted by Crippen LogP contribution is 2.13. The molecular formula is C8H8F2. The second-order valence-corrected chi connectivity index (χ2v) is 2.30. The molecule has 54 valence electrons. The Balaban J connectivity index is 3.34. The zero-order valence-corrected chi connectivity index (χ0v) is 5.91. The highest BCUT2D eigenvalue weighted by molar-refractivity contribution is 5.26. The summed E-state index contributed by atoms with van der Waals surface area (Å²) in [5.41, 5.74) is 1.17. The third-order valence-corrected chi connectivity index (χ3v) is 1.61. The summed E-state index contributed by atoms with van der Waals surface area (Å²) in [4.78, 5) is 0. The summed E-state index contributed by atoms with van der Waals surface area (Å²) in [6.45, 7) is 3.31. The molecule has 0 radical (unpaired) electrons. The summed E-state index contributed by atoms with van der Waals surface area (Å²) >= 11 is 0. The molecular weight excluding hydrogens is 134 g/mol. The van der Waals surface area contributed by atoms with Gasteiger partial charge in [-0.1, -0.05) is 6.07 Å². The average molecular weight is 142 g/mol. The maximum atomic E-state index is 12.6. The van der Waals surface area contributed by atoms with Crippen LogP contribution in [0.3, 0.4) is 0 Å². The van der Waals surface area contributed by atoms with Gasteiger partial charge >= 0.3 is 0 Å². The molecule has 0 amide bonds. The first-order valence-corrected chi connectivity index (χ1v) is 3.04. The normalized spacial score (nSPS) is 10.0. The zero-order valence-electron chi connectivity index (χ0n) is 5.91. The van der Waals surface area contributed by atoms with Crippen molar-refractivity contribution < 1.29 is 8.78 Å². The zero-order chi connectivity index (χ0) is 7.72. The molecule has 0 aromatic heterocycles. The van der Waals surface area contributed by atoms with Crippen molar-refractivity contribution in [3.8, 4) is 0 Å². The lowest BCUT2D eigenvalue weighted by molar-refractivity contribution is 0.502. The van der Waals surface area contributed by atoms with Gasteiger partial charge in [-0.05, 0) is 31.0 Å². The summed E-state index contributed by atoms with van der Waals surface area (Å²) < 4.78 is 25.0. The van der Waals surface area contributed by atoms with Crippen LogP contribution in [-0.4, -0.2) is 0 Å². The highest BCUT2D eigenvalue weighted by Gasteiger charge is 2.05. The number of aryl methyl sites for hydroxylation is 1. The Morgan fingerprint density at radius 1 is 1.10 bits per heavy atom. The Hall–Kier alpha value is -0.920. The average Bonchev–Trinajstić information content (AvgIpc) is 1.93. The minimum absolute atomic E-state index is 0.389.